The Hall–Kier alpha value is -2.24. The minimum atomic E-state index is 0.289. The fraction of sp³-hybridized carbons (Fsp3) is 0.333. The van der Waals surface area contributed by atoms with Crippen molar-refractivity contribution in [3.63, 3.8) is 0 Å². The number of anilines is 1. The van der Waals surface area contributed by atoms with Crippen LogP contribution < -0.4 is 9.46 Å². The molecule has 0 spiro atoms. The van der Waals surface area contributed by atoms with E-state index in [4.69, 9.17) is 21.3 Å². The van der Waals surface area contributed by atoms with E-state index in [2.05, 4.69) is 35.7 Å². The zero-order valence-corrected chi connectivity index (χ0v) is 18.9. The first-order chi connectivity index (χ1) is 14.6. The summed E-state index contributed by atoms with van der Waals surface area (Å²) in [7, 11) is 0. The van der Waals surface area contributed by atoms with Crippen molar-refractivity contribution in [2.24, 2.45) is 0 Å². The number of aryl methyl sites for hydroxylation is 2. The number of ether oxygens (including phenoxy) is 1. The van der Waals surface area contributed by atoms with Crippen molar-refractivity contribution in [3.05, 3.63) is 64.7 Å². The van der Waals surface area contributed by atoms with Gasteiger partial charge in [-0.2, -0.15) is 0 Å². The summed E-state index contributed by atoms with van der Waals surface area (Å²) in [5, 5.41) is 1.48. The number of nitrogens with one attached hydrogen (secondary N) is 1. The third kappa shape index (κ3) is 5.08. The summed E-state index contributed by atoms with van der Waals surface area (Å²) in [4.78, 5) is 9.41. The molecule has 4 rings (SSSR count). The predicted molar refractivity (Wildman–Crippen MR) is 125 cm³/mol. The van der Waals surface area contributed by atoms with Crippen LogP contribution in [0.3, 0.4) is 0 Å². The van der Waals surface area contributed by atoms with Gasteiger partial charge in [0.15, 0.2) is 0 Å². The van der Waals surface area contributed by atoms with Gasteiger partial charge in [-0.25, -0.2) is 9.97 Å². The highest BCUT2D eigenvalue weighted by molar-refractivity contribution is 8.00. The monoisotopic (exact) mass is 439 g/mol. The molecule has 0 amide bonds. The topological polar surface area (TPSA) is 47.0 Å². The van der Waals surface area contributed by atoms with Crippen LogP contribution in [0.15, 0.2) is 53.6 Å². The van der Waals surface area contributed by atoms with Gasteiger partial charge in [0.05, 0.1) is 10.7 Å². The maximum Gasteiger partial charge on any atom is 0.214 e. The number of halogens is 1. The zero-order chi connectivity index (χ0) is 20.9. The lowest BCUT2D eigenvalue weighted by molar-refractivity contribution is 0.148. The smallest absolute Gasteiger partial charge is 0.214 e. The Bertz CT molecular complexity index is 1000. The van der Waals surface area contributed by atoms with Gasteiger partial charge in [0.1, 0.15) is 16.9 Å². The quantitative estimate of drug-likeness (QED) is 0.410. The van der Waals surface area contributed by atoms with E-state index >= 15 is 0 Å². The molecule has 0 aliphatic heterocycles. The Balaban J connectivity index is 1.47. The molecular weight excluding hydrogens is 414 g/mol. The summed E-state index contributed by atoms with van der Waals surface area (Å²) in [6, 6.07) is 15.9. The molecule has 1 N–H and O–H groups in total. The van der Waals surface area contributed by atoms with E-state index in [1.807, 2.05) is 36.4 Å². The van der Waals surface area contributed by atoms with Gasteiger partial charge in [0.25, 0.3) is 0 Å². The molecule has 3 aromatic rings. The highest BCUT2D eigenvalue weighted by atomic mass is 35.5. The van der Waals surface area contributed by atoms with Crippen LogP contribution in [0.4, 0.5) is 5.82 Å². The first-order valence-corrected chi connectivity index (χ1v) is 11.6. The number of hydrogen-bond donors (Lipinski definition) is 1. The normalized spacial score (nSPS) is 14.5. The summed E-state index contributed by atoms with van der Waals surface area (Å²) in [5.74, 6) is 1.43. The highest BCUT2D eigenvalue weighted by Gasteiger charge is 2.16. The largest absolute Gasteiger partial charge is 0.474 e. The Labute approximate surface area is 187 Å². The average molecular weight is 440 g/mol. The van der Waals surface area contributed by atoms with Gasteiger partial charge >= 0.3 is 0 Å². The molecule has 1 aliphatic carbocycles. The van der Waals surface area contributed by atoms with Gasteiger partial charge in [-0.05, 0) is 68.9 Å². The van der Waals surface area contributed by atoms with Crippen LogP contribution in [0.1, 0.15) is 43.2 Å². The predicted octanol–water partition coefficient (Wildman–Crippen LogP) is 7.24. The lowest BCUT2D eigenvalue weighted by Gasteiger charge is -2.22. The molecule has 1 saturated carbocycles. The fourth-order valence-electron chi connectivity index (χ4n) is 3.84. The molecule has 6 heteroatoms. The van der Waals surface area contributed by atoms with Crippen LogP contribution >= 0.6 is 23.5 Å². The molecule has 0 saturated heterocycles. The van der Waals surface area contributed by atoms with Crippen molar-refractivity contribution in [2.45, 2.75) is 57.1 Å². The molecule has 0 bridgehead atoms. The first-order valence-electron chi connectivity index (χ1n) is 10.4. The minimum Gasteiger partial charge on any atom is -0.474 e. The molecule has 4 nitrogen and oxygen atoms in total. The van der Waals surface area contributed by atoms with E-state index in [0.717, 1.165) is 46.1 Å². The third-order valence-electron chi connectivity index (χ3n) is 5.36. The van der Waals surface area contributed by atoms with Crippen LogP contribution in [0.2, 0.25) is 5.02 Å². The van der Waals surface area contributed by atoms with Gasteiger partial charge in [0, 0.05) is 23.6 Å². The lowest BCUT2D eigenvalue weighted by Crippen LogP contribution is -2.20. The molecule has 30 heavy (non-hydrogen) atoms. The van der Waals surface area contributed by atoms with Crippen molar-refractivity contribution in [3.8, 4) is 17.1 Å². The van der Waals surface area contributed by atoms with Crippen molar-refractivity contribution < 1.29 is 4.74 Å². The number of pyridine rings is 2. The van der Waals surface area contributed by atoms with E-state index in [1.54, 1.807) is 0 Å². The Morgan fingerprint density at radius 2 is 1.67 bits per heavy atom. The van der Waals surface area contributed by atoms with Crippen LogP contribution in [0.25, 0.3) is 11.3 Å². The summed E-state index contributed by atoms with van der Waals surface area (Å²) in [6.07, 6.45) is 6.32. The molecule has 1 fully saturated rings. The molecule has 156 valence electrons. The van der Waals surface area contributed by atoms with Crippen LogP contribution in [0, 0.1) is 13.8 Å². The third-order valence-corrected chi connectivity index (χ3v) is 6.41. The summed E-state index contributed by atoms with van der Waals surface area (Å²) in [5.41, 5.74) is 4.18. The van der Waals surface area contributed by atoms with Crippen molar-refractivity contribution in [1.29, 1.82) is 0 Å². The van der Waals surface area contributed by atoms with Crippen molar-refractivity contribution >= 4 is 29.4 Å². The van der Waals surface area contributed by atoms with Crippen molar-refractivity contribution in [1.82, 2.24) is 9.97 Å². The number of nitrogens with zero attached hydrogens (tertiary/aromatic N) is 2. The van der Waals surface area contributed by atoms with Gasteiger partial charge in [-0.3, -0.25) is 0 Å². The molecule has 2 aromatic heterocycles. The second-order valence-electron chi connectivity index (χ2n) is 7.69. The Kier molecular flexibility index (Phi) is 6.80. The lowest BCUT2D eigenvalue weighted by atomic mass is 9.98. The summed E-state index contributed by atoms with van der Waals surface area (Å²) < 4.78 is 9.38. The van der Waals surface area contributed by atoms with Crippen LogP contribution in [-0.2, 0) is 0 Å². The molecule has 2 heterocycles. The van der Waals surface area contributed by atoms with E-state index in [9.17, 15) is 0 Å². The van der Waals surface area contributed by atoms with E-state index < -0.39 is 0 Å². The Morgan fingerprint density at radius 1 is 0.933 bits per heavy atom. The van der Waals surface area contributed by atoms with Gasteiger partial charge in [0.2, 0.25) is 5.88 Å². The van der Waals surface area contributed by atoms with E-state index in [0.29, 0.717) is 10.9 Å². The number of aromatic nitrogens is 2. The standard InChI is InChI=1S/C24H26ClN3OS/c1-16-8-6-9-17(2)23(16)24-19(25)14-15-20(26-24)28-30-22-13-7-12-21(27-22)29-18-10-4-3-5-11-18/h6-9,12-15,18H,3-5,10-11H2,1-2H3,(H,26,28). The van der Waals surface area contributed by atoms with E-state index in [-0.39, 0.29) is 6.10 Å². The van der Waals surface area contributed by atoms with Crippen LogP contribution in [-0.4, -0.2) is 16.1 Å². The van der Waals surface area contributed by atoms with Gasteiger partial charge < -0.3 is 9.46 Å². The summed E-state index contributed by atoms with van der Waals surface area (Å²) >= 11 is 7.90. The van der Waals surface area contributed by atoms with E-state index in [1.165, 1.54) is 31.2 Å². The van der Waals surface area contributed by atoms with Gasteiger partial charge in [-0.1, -0.05) is 42.3 Å². The maximum absolute atomic E-state index is 6.48. The molecule has 0 unspecified atom stereocenters. The molecule has 1 aromatic carbocycles. The number of benzene rings is 1. The SMILES string of the molecule is Cc1cccc(C)c1-c1nc(NSc2cccc(OC3CCCCC3)n2)ccc1Cl. The number of rotatable bonds is 6. The molecule has 0 atom stereocenters. The average Bonchev–Trinajstić information content (AvgIpc) is 2.75. The molecule has 1 aliphatic rings. The van der Waals surface area contributed by atoms with Gasteiger partial charge in [-0.15, -0.1) is 0 Å². The first kappa shape index (κ1) is 21.0. The summed E-state index contributed by atoms with van der Waals surface area (Å²) in [6.45, 7) is 4.16. The number of hydrogen-bond acceptors (Lipinski definition) is 5. The molecular formula is C24H26ClN3OS. The fourth-order valence-corrected chi connectivity index (χ4v) is 4.64. The second kappa shape index (κ2) is 9.71. The second-order valence-corrected chi connectivity index (χ2v) is 8.92. The molecule has 0 radical (unpaired) electrons. The zero-order valence-electron chi connectivity index (χ0n) is 17.3. The minimum absolute atomic E-state index is 0.289. The van der Waals surface area contributed by atoms with Crippen molar-refractivity contribution in [2.75, 3.05) is 4.72 Å². The highest BCUT2D eigenvalue weighted by Crippen LogP contribution is 2.33. The Morgan fingerprint density at radius 3 is 2.43 bits per heavy atom. The van der Waals surface area contributed by atoms with Crippen LogP contribution in [0.5, 0.6) is 5.88 Å². The maximum atomic E-state index is 6.48.